The molecule has 2 aromatic carbocycles. The number of carbonyl (C=O) groups is 2. The molecule has 3 aromatic rings. The van der Waals surface area contributed by atoms with Crippen LogP contribution in [0.2, 0.25) is 0 Å². The summed E-state index contributed by atoms with van der Waals surface area (Å²) in [6.45, 7) is 2.79. The molecule has 2 heterocycles. The molecule has 0 saturated carbocycles. The fourth-order valence-corrected chi connectivity index (χ4v) is 4.38. The topological polar surface area (TPSA) is 61.4 Å². The lowest BCUT2D eigenvalue weighted by Gasteiger charge is -2.33. The zero-order valence-corrected chi connectivity index (χ0v) is 17.5. The molecule has 154 valence electrons. The molecule has 2 N–H and O–H groups in total. The molecule has 1 aromatic heterocycles. The summed E-state index contributed by atoms with van der Waals surface area (Å²) in [7, 11) is 0. The van der Waals surface area contributed by atoms with Crippen LogP contribution in [0.15, 0.2) is 72.1 Å². The third-order valence-corrected chi connectivity index (χ3v) is 6.09. The van der Waals surface area contributed by atoms with Gasteiger partial charge in [-0.25, -0.2) is 0 Å². The monoisotopic (exact) mass is 419 g/mol. The number of piperidine rings is 1. The number of likely N-dealkylation sites (tertiary alicyclic amines) is 1. The summed E-state index contributed by atoms with van der Waals surface area (Å²) in [4.78, 5) is 28.1. The first-order valence-corrected chi connectivity index (χ1v) is 11.1. The molecular weight excluding hydrogens is 394 g/mol. The molecule has 1 unspecified atom stereocenters. The molecular formula is C24H25N3O2S. The number of anilines is 1. The van der Waals surface area contributed by atoms with E-state index in [0.29, 0.717) is 16.1 Å². The first-order chi connectivity index (χ1) is 14.7. The summed E-state index contributed by atoms with van der Waals surface area (Å²) in [6.07, 6.45) is 2.04. The predicted molar refractivity (Wildman–Crippen MR) is 121 cm³/mol. The quantitative estimate of drug-likeness (QED) is 0.623. The van der Waals surface area contributed by atoms with Crippen LogP contribution in [0.1, 0.15) is 38.4 Å². The Labute approximate surface area is 180 Å². The summed E-state index contributed by atoms with van der Waals surface area (Å²) < 4.78 is 0. The van der Waals surface area contributed by atoms with Crippen molar-refractivity contribution < 1.29 is 9.59 Å². The van der Waals surface area contributed by atoms with E-state index in [-0.39, 0.29) is 17.9 Å². The Morgan fingerprint density at radius 1 is 1.00 bits per heavy atom. The van der Waals surface area contributed by atoms with Gasteiger partial charge in [0, 0.05) is 30.4 Å². The molecule has 1 aliphatic rings. The van der Waals surface area contributed by atoms with E-state index >= 15 is 0 Å². The Morgan fingerprint density at radius 3 is 2.67 bits per heavy atom. The van der Waals surface area contributed by atoms with Crippen molar-refractivity contribution in [2.45, 2.75) is 25.4 Å². The summed E-state index contributed by atoms with van der Waals surface area (Å²) in [5, 5.41) is 7.89. The number of thiophene rings is 1. The van der Waals surface area contributed by atoms with Crippen LogP contribution in [0, 0.1) is 0 Å². The van der Waals surface area contributed by atoms with Gasteiger partial charge in [-0.2, -0.15) is 0 Å². The summed E-state index contributed by atoms with van der Waals surface area (Å²) >= 11 is 1.39. The number of hydrogen-bond donors (Lipinski definition) is 2. The van der Waals surface area contributed by atoms with Crippen LogP contribution in [0.5, 0.6) is 0 Å². The van der Waals surface area contributed by atoms with Gasteiger partial charge in [0.05, 0.1) is 4.88 Å². The van der Waals surface area contributed by atoms with Gasteiger partial charge >= 0.3 is 0 Å². The van der Waals surface area contributed by atoms with Crippen LogP contribution < -0.4 is 10.6 Å². The number of amides is 2. The maximum absolute atomic E-state index is 12.8. The maximum atomic E-state index is 12.8. The molecule has 5 nitrogen and oxygen atoms in total. The lowest BCUT2D eigenvalue weighted by Crippen LogP contribution is -2.47. The second-order valence-electron chi connectivity index (χ2n) is 7.55. The zero-order valence-electron chi connectivity index (χ0n) is 16.7. The van der Waals surface area contributed by atoms with Gasteiger partial charge in [0.2, 0.25) is 0 Å². The van der Waals surface area contributed by atoms with E-state index in [1.807, 2.05) is 17.5 Å². The number of benzene rings is 2. The minimum atomic E-state index is -0.161. The largest absolute Gasteiger partial charge is 0.348 e. The van der Waals surface area contributed by atoms with E-state index in [2.05, 4.69) is 39.8 Å². The highest BCUT2D eigenvalue weighted by Crippen LogP contribution is 2.17. The number of carbonyl (C=O) groups excluding carboxylic acids is 2. The molecule has 0 bridgehead atoms. The second-order valence-corrected chi connectivity index (χ2v) is 8.49. The maximum Gasteiger partial charge on any atom is 0.265 e. The Balaban J connectivity index is 1.34. The van der Waals surface area contributed by atoms with Crippen molar-refractivity contribution in [1.82, 2.24) is 10.2 Å². The first-order valence-electron chi connectivity index (χ1n) is 10.2. The van der Waals surface area contributed by atoms with Gasteiger partial charge in [-0.3, -0.25) is 14.5 Å². The fraction of sp³-hybridized carbons (Fsp3) is 0.250. The van der Waals surface area contributed by atoms with Crippen molar-refractivity contribution in [2.24, 2.45) is 0 Å². The molecule has 0 aliphatic carbocycles. The van der Waals surface area contributed by atoms with Crippen molar-refractivity contribution >= 4 is 28.8 Å². The van der Waals surface area contributed by atoms with E-state index in [1.165, 1.54) is 16.9 Å². The van der Waals surface area contributed by atoms with Crippen molar-refractivity contribution in [2.75, 3.05) is 18.4 Å². The average molecular weight is 420 g/mol. The van der Waals surface area contributed by atoms with Gasteiger partial charge in [0.15, 0.2) is 0 Å². The molecule has 1 saturated heterocycles. The van der Waals surface area contributed by atoms with Crippen LogP contribution >= 0.6 is 11.3 Å². The van der Waals surface area contributed by atoms with Crippen molar-refractivity contribution in [3.8, 4) is 0 Å². The normalized spacial score (nSPS) is 16.7. The van der Waals surface area contributed by atoms with Gasteiger partial charge in [-0.05, 0) is 54.6 Å². The van der Waals surface area contributed by atoms with Crippen molar-refractivity contribution in [3.63, 3.8) is 0 Å². The van der Waals surface area contributed by atoms with Crippen LogP contribution in [0.4, 0.5) is 5.69 Å². The van der Waals surface area contributed by atoms with E-state index < -0.39 is 0 Å². The van der Waals surface area contributed by atoms with Crippen molar-refractivity contribution in [1.29, 1.82) is 0 Å². The first kappa shape index (κ1) is 20.3. The fourth-order valence-electron chi connectivity index (χ4n) is 3.77. The smallest absolute Gasteiger partial charge is 0.265 e. The van der Waals surface area contributed by atoms with E-state index in [0.717, 1.165) is 32.5 Å². The van der Waals surface area contributed by atoms with Crippen LogP contribution in [0.25, 0.3) is 0 Å². The van der Waals surface area contributed by atoms with E-state index in [1.54, 1.807) is 30.3 Å². The Bertz CT molecular complexity index is 989. The van der Waals surface area contributed by atoms with Gasteiger partial charge < -0.3 is 10.6 Å². The third kappa shape index (κ3) is 5.34. The highest BCUT2D eigenvalue weighted by atomic mass is 32.1. The molecule has 0 spiro atoms. The number of nitrogens with zero attached hydrogens (tertiary/aromatic N) is 1. The molecule has 30 heavy (non-hydrogen) atoms. The van der Waals surface area contributed by atoms with E-state index in [9.17, 15) is 9.59 Å². The lowest BCUT2D eigenvalue weighted by molar-refractivity contribution is 0.0900. The van der Waals surface area contributed by atoms with Gasteiger partial charge in [0.25, 0.3) is 11.8 Å². The average Bonchev–Trinajstić information content (AvgIpc) is 3.30. The van der Waals surface area contributed by atoms with Crippen LogP contribution in [-0.4, -0.2) is 35.8 Å². The van der Waals surface area contributed by atoms with E-state index in [4.69, 9.17) is 0 Å². The number of rotatable bonds is 6. The molecule has 2 amide bonds. The Hall–Kier alpha value is -2.96. The highest BCUT2D eigenvalue weighted by molar-refractivity contribution is 7.12. The summed E-state index contributed by atoms with van der Waals surface area (Å²) in [5.41, 5.74) is 2.47. The third-order valence-electron chi connectivity index (χ3n) is 5.22. The molecule has 6 heteroatoms. The van der Waals surface area contributed by atoms with Crippen LogP contribution in [0.3, 0.4) is 0 Å². The molecule has 1 aliphatic heterocycles. The van der Waals surface area contributed by atoms with Crippen LogP contribution in [-0.2, 0) is 6.54 Å². The minimum Gasteiger partial charge on any atom is -0.348 e. The zero-order chi connectivity index (χ0) is 20.8. The SMILES string of the molecule is O=C(NC1CCCN(Cc2ccccc2)C1)c1cccc(NC(=O)c2cccs2)c1. The second kappa shape index (κ2) is 9.69. The van der Waals surface area contributed by atoms with Gasteiger partial charge in [-0.15, -0.1) is 11.3 Å². The number of hydrogen-bond acceptors (Lipinski definition) is 4. The Kier molecular flexibility index (Phi) is 6.57. The minimum absolute atomic E-state index is 0.103. The highest BCUT2D eigenvalue weighted by Gasteiger charge is 2.22. The molecule has 1 fully saturated rings. The van der Waals surface area contributed by atoms with Gasteiger partial charge in [0.1, 0.15) is 0 Å². The van der Waals surface area contributed by atoms with Gasteiger partial charge in [-0.1, -0.05) is 42.5 Å². The lowest BCUT2D eigenvalue weighted by atomic mass is 10.0. The van der Waals surface area contributed by atoms with Crippen molar-refractivity contribution in [3.05, 3.63) is 88.1 Å². The molecule has 0 radical (unpaired) electrons. The summed E-state index contributed by atoms with van der Waals surface area (Å²) in [5.74, 6) is -0.264. The summed E-state index contributed by atoms with van der Waals surface area (Å²) in [6, 6.07) is 21.3. The predicted octanol–water partition coefficient (Wildman–Crippen LogP) is 4.39. The standard InChI is InChI=1S/C24H25N3O2S/c28-23(19-9-4-10-20(15-19)25-24(29)22-12-6-14-30-22)26-21-11-5-13-27(17-21)16-18-7-2-1-3-8-18/h1-4,6-10,12,14-15,21H,5,11,13,16-17H2,(H,25,29)(H,26,28). The molecule has 1 atom stereocenters. The number of nitrogens with one attached hydrogen (secondary N) is 2. The molecule has 4 rings (SSSR count). The Morgan fingerprint density at radius 2 is 1.87 bits per heavy atom.